The Morgan fingerprint density at radius 3 is 2.63 bits per heavy atom. The molecule has 1 saturated heterocycles. The molecule has 0 bridgehead atoms. The summed E-state index contributed by atoms with van der Waals surface area (Å²) in [4.78, 5) is 5.24. The van der Waals surface area contributed by atoms with E-state index in [4.69, 9.17) is 0 Å². The molecule has 1 aliphatic rings. The standard InChI is InChI=1S/C16H35N3/c1-5-10-17-15(3)9-7-8-11-18-12-13-19(6-2)16(4)14-18/h15-17H,5-14H2,1-4H3. The summed E-state index contributed by atoms with van der Waals surface area (Å²) in [7, 11) is 0. The molecule has 0 radical (unpaired) electrons. The number of rotatable bonds is 9. The monoisotopic (exact) mass is 269 g/mol. The predicted octanol–water partition coefficient (Wildman–Crippen LogP) is 2.57. The summed E-state index contributed by atoms with van der Waals surface area (Å²) >= 11 is 0. The minimum absolute atomic E-state index is 0.691. The van der Waals surface area contributed by atoms with Gasteiger partial charge in [-0.15, -0.1) is 0 Å². The van der Waals surface area contributed by atoms with E-state index in [1.165, 1.54) is 58.4 Å². The number of nitrogens with zero attached hydrogens (tertiary/aromatic N) is 2. The molecule has 1 heterocycles. The van der Waals surface area contributed by atoms with E-state index in [-0.39, 0.29) is 0 Å². The number of hydrogen-bond donors (Lipinski definition) is 1. The highest BCUT2D eigenvalue weighted by Gasteiger charge is 2.21. The van der Waals surface area contributed by atoms with Gasteiger partial charge in [-0.1, -0.05) is 20.3 Å². The van der Waals surface area contributed by atoms with Crippen molar-refractivity contribution in [3.05, 3.63) is 0 Å². The second-order valence-corrected chi connectivity index (χ2v) is 6.13. The van der Waals surface area contributed by atoms with Crippen LogP contribution in [0.25, 0.3) is 0 Å². The molecule has 0 saturated carbocycles. The van der Waals surface area contributed by atoms with Gasteiger partial charge in [-0.25, -0.2) is 0 Å². The molecule has 2 atom stereocenters. The molecule has 19 heavy (non-hydrogen) atoms. The lowest BCUT2D eigenvalue weighted by molar-refractivity contribution is 0.0868. The Bertz CT molecular complexity index is 220. The van der Waals surface area contributed by atoms with E-state index in [0.29, 0.717) is 6.04 Å². The molecule has 0 aromatic carbocycles. The largest absolute Gasteiger partial charge is 0.314 e. The minimum Gasteiger partial charge on any atom is -0.314 e. The fourth-order valence-electron chi connectivity index (χ4n) is 3.02. The molecule has 3 nitrogen and oxygen atoms in total. The first-order valence-electron chi connectivity index (χ1n) is 8.37. The van der Waals surface area contributed by atoms with Crippen LogP contribution in [-0.2, 0) is 0 Å². The van der Waals surface area contributed by atoms with E-state index < -0.39 is 0 Å². The van der Waals surface area contributed by atoms with E-state index in [9.17, 15) is 0 Å². The highest BCUT2D eigenvalue weighted by molar-refractivity contribution is 4.78. The van der Waals surface area contributed by atoms with Crippen molar-refractivity contribution in [2.45, 2.75) is 65.5 Å². The Morgan fingerprint density at radius 2 is 2.00 bits per heavy atom. The lowest BCUT2D eigenvalue weighted by Crippen LogP contribution is -2.51. The summed E-state index contributed by atoms with van der Waals surface area (Å²) in [6.45, 7) is 16.6. The van der Waals surface area contributed by atoms with Gasteiger partial charge in [-0.3, -0.25) is 4.90 Å². The van der Waals surface area contributed by atoms with E-state index in [0.717, 1.165) is 12.6 Å². The lowest BCUT2D eigenvalue weighted by Gasteiger charge is -2.39. The lowest BCUT2D eigenvalue weighted by atomic mass is 10.1. The number of piperazine rings is 1. The predicted molar refractivity (Wildman–Crippen MR) is 84.8 cm³/mol. The Morgan fingerprint density at radius 1 is 1.21 bits per heavy atom. The molecule has 2 unspecified atom stereocenters. The van der Waals surface area contributed by atoms with Gasteiger partial charge in [0.15, 0.2) is 0 Å². The maximum absolute atomic E-state index is 3.57. The fraction of sp³-hybridized carbons (Fsp3) is 1.00. The highest BCUT2D eigenvalue weighted by Crippen LogP contribution is 2.10. The third-order valence-electron chi connectivity index (χ3n) is 4.36. The topological polar surface area (TPSA) is 18.5 Å². The molecule has 1 rings (SSSR count). The maximum Gasteiger partial charge on any atom is 0.0195 e. The van der Waals surface area contributed by atoms with Gasteiger partial charge in [0.1, 0.15) is 0 Å². The Hall–Kier alpha value is -0.120. The van der Waals surface area contributed by atoms with Gasteiger partial charge in [0.2, 0.25) is 0 Å². The zero-order valence-corrected chi connectivity index (χ0v) is 13.6. The summed E-state index contributed by atoms with van der Waals surface area (Å²) in [5, 5.41) is 3.57. The van der Waals surface area contributed by atoms with Crippen LogP contribution in [0.2, 0.25) is 0 Å². The van der Waals surface area contributed by atoms with Crippen LogP contribution in [0, 0.1) is 0 Å². The number of nitrogens with one attached hydrogen (secondary N) is 1. The van der Waals surface area contributed by atoms with Gasteiger partial charge in [0.25, 0.3) is 0 Å². The van der Waals surface area contributed by atoms with Crippen molar-refractivity contribution in [1.29, 1.82) is 0 Å². The van der Waals surface area contributed by atoms with Gasteiger partial charge in [-0.05, 0) is 52.7 Å². The average molecular weight is 269 g/mol. The molecular weight excluding hydrogens is 234 g/mol. The van der Waals surface area contributed by atoms with Crippen molar-refractivity contribution in [3.8, 4) is 0 Å². The van der Waals surface area contributed by atoms with Crippen LogP contribution >= 0.6 is 0 Å². The van der Waals surface area contributed by atoms with Crippen molar-refractivity contribution in [1.82, 2.24) is 15.1 Å². The molecular formula is C16H35N3. The Labute approximate surface area is 120 Å². The van der Waals surface area contributed by atoms with Crippen LogP contribution in [0.15, 0.2) is 0 Å². The molecule has 1 fully saturated rings. The zero-order valence-electron chi connectivity index (χ0n) is 13.6. The molecule has 0 spiro atoms. The van der Waals surface area contributed by atoms with Crippen molar-refractivity contribution >= 4 is 0 Å². The SMILES string of the molecule is CCCNC(C)CCCCN1CCN(CC)C(C)C1. The summed E-state index contributed by atoms with van der Waals surface area (Å²) < 4.78 is 0. The quantitative estimate of drug-likeness (QED) is 0.649. The molecule has 0 aromatic heterocycles. The summed E-state index contributed by atoms with van der Waals surface area (Å²) in [6.07, 6.45) is 5.28. The summed E-state index contributed by atoms with van der Waals surface area (Å²) in [6, 6.07) is 1.43. The van der Waals surface area contributed by atoms with Gasteiger partial charge in [0, 0.05) is 31.7 Å². The maximum atomic E-state index is 3.57. The van der Waals surface area contributed by atoms with Crippen LogP contribution in [0.4, 0.5) is 0 Å². The second-order valence-electron chi connectivity index (χ2n) is 6.13. The van der Waals surface area contributed by atoms with Crippen molar-refractivity contribution in [2.75, 3.05) is 39.3 Å². The Kier molecular flexibility index (Phi) is 8.67. The first-order chi connectivity index (χ1) is 9.17. The molecule has 0 aliphatic carbocycles. The first-order valence-corrected chi connectivity index (χ1v) is 8.37. The van der Waals surface area contributed by atoms with Crippen LogP contribution < -0.4 is 5.32 Å². The molecule has 1 aliphatic heterocycles. The number of unbranched alkanes of at least 4 members (excludes halogenated alkanes) is 1. The normalized spacial score (nSPS) is 23.7. The van der Waals surface area contributed by atoms with Crippen molar-refractivity contribution < 1.29 is 0 Å². The van der Waals surface area contributed by atoms with Crippen molar-refractivity contribution in [2.24, 2.45) is 0 Å². The van der Waals surface area contributed by atoms with Gasteiger partial charge in [-0.2, -0.15) is 0 Å². The van der Waals surface area contributed by atoms with Gasteiger partial charge >= 0.3 is 0 Å². The van der Waals surface area contributed by atoms with Gasteiger partial charge in [0.05, 0.1) is 0 Å². The Balaban J connectivity index is 2.04. The third-order valence-corrected chi connectivity index (χ3v) is 4.36. The van der Waals surface area contributed by atoms with Gasteiger partial charge < -0.3 is 10.2 Å². The molecule has 0 aromatic rings. The number of hydrogen-bond acceptors (Lipinski definition) is 3. The average Bonchev–Trinajstić information content (AvgIpc) is 2.41. The van der Waals surface area contributed by atoms with E-state index in [1.807, 2.05) is 0 Å². The van der Waals surface area contributed by atoms with Crippen LogP contribution in [0.1, 0.15) is 53.4 Å². The van der Waals surface area contributed by atoms with Crippen LogP contribution in [-0.4, -0.2) is 61.2 Å². The third kappa shape index (κ3) is 6.73. The molecule has 1 N–H and O–H groups in total. The molecule has 114 valence electrons. The van der Waals surface area contributed by atoms with E-state index in [1.54, 1.807) is 0 Å². The first kappa shape index (κ1) is 16.9. The molecule has 0 amide bonds. The highest BCUT2D eigenvalue weighted by atomic mass is 15.3. The van der Waals surface area contributed by atoms with Crippen LogP contribution in [0.3, 0.4) is 0 Å². The second kappa shape index (κ2) is 9.73. The fourth-order valence-corrected chi connectivity index (χ4v) is 3.02. The zero-order chi connectivity index (χ0) is 14.1. The summed E-state index contributed by atoms with van der Waals surface area (Å²) in [5.41, 5.74) is 0. The summed E-state index contributed by atoms with van der Waals surface area (Å²) in [5.74, 6) is 0. The minimum atomic E-state index is 0.691. The molecule has 3 heteroatoms. The van der Waals surface area contributed by atoms with E-state index >= 15 is 0 Å². The van der Waals surface area contributed by atoms with Crippen LogP contribution in [0.5, 0.6) is 0 Å². The van der Waals surface area contributed by atoms with Crippen molar-refractivity contribution in [3.63, 3.8) is 0 Å². The smallest absolute Gasteiger partial charge is 0.0195 e. The van der Waals surface area contributed by atoms with E-state index in [2.05, 4.69) is 42.8 Å². The number of likely N-dealkylation sites (N-methyl/N-ethyl adjacent to an activating group) is 1.